The van der Waals surface area contributed by atoms with Gasteiger partial charge in [0.2, 0.25) is 5.71 Å². The minimum Gasteiger partial charge on any atom is -0.449 e. The summed E-state index contributed by atoms with van der Waals surface area (Å²) in [6, 6.07) is 1.58. The lowest BCUT2D eigenvalue weighted by Gasteiger charge is -2.02. The summed E-state index contributed by atoms with van der Waals surface area (Å²) in [6.45, 7) is 0. The van der Waals surface area contributed by atoms with Crippen LogP contribution < -0.4 is 4.74 Å². The van der Waals surface area contributed by atoms with Crippen LogP contribution in [0.25, 0.3) is 11.2 Å². The Bertz CT molecular complexity index is 510. The molecule has 0 aliphatic rings. The number of nitrogens with zero attached hydrogens (tertiary/aromatic N) is 2. The molecular weight excluding hydrogens is 220 g/mol. The third-order valence-electron chi connectivity index (χ3n) is 1.61. The van der Waals surface area contributed by atoms with Crippen molar-refractivity contribution in [2.75, 3.05) is 6.26 Å². The molecule has 78 valence electrons. The van der Waals surface area contributed by atoms with Crippen LogP contribution in [0, 0.1) is 0 Å². The average Bonchev–Trinajstić information content (AvgIpc) is 2.62. The maximum absolute atomic E-state index is 10.4. The van der Waals surface area contributed by atoms with Crippen molar-refractivity contribution in [2.45, 2.75) is 5.03 Å². The third kappa shape index (κ3) is 1.86. The van der Waals surface area contributed by atoms with Crippen LogP contribution in [-0.4, -0.2) is 27.5 Å². The maximum atomic E-state index is 10.4. The zero-order valence-electron chi connectivity index (χ0n) is 7.63. The average molecular weight is 226 g/mol. The van der Waals surface area contributed by atoms with E-state index in [1.165, 1.54) is 18.0 Å². The van der Waals surface area contributed by atoms with E-state index in [1.54, 1.807) is 12.3 Å². The van der Waals surface area contributed by atoms with E-state index >= 15 is 0 Å². The Balaban J connectivity index is 2.54. The maximum Gasteiger partial charge on any atom is 0.512 e. The van der Waals surface area contributed by atoms with Crippen LogP contribution in [0.15, 0.2) is 21.8 Å². The van der Waals surface area contributed by atoms with E-state index in [-0.39, 0.29) is 5.88 Å². The number of ether oxygens (including phenoxy) is 1. The van der Waals surface area contributed by atoms with Crippen LogP contribution in [0.4, 0.5) is 4.79 Å². The fourth-order valence-corrected chi connectivity index (χ4v) is 1.48. The molecule has 0 aliphatic heterocycles. The number of hydrogen-bond donors (Lipinski definition) is 1. The first-order valence-corrected chi connectivity index (χ1v) is 5.13. The van der Waals surface area contributed by atoms with Crippen molar-refractivity contribution < 1.29 is 19.1 Å². The second kappa shape index (κ2) is 3.77. The molecular formula is C8H6N2O4S. The molecule has 15 heavy (non-hydrogen) atoms. The van der Waals surface area contributed by atoms with Gasteiger partial charge in [-0.1, -0.05) is 0 Å². The molecule has 0 amide bonds. The standard InChI is InChI=1S/C8H6N2O4S/c1-15-7-6(14-8(11)12)9-4-2-3-13-5(4)10-7/h2-3H,1H3,(H,11,12). The van der Waals surface area contributed by atoms with Crippen molar-refractivity contribution in [3.63, 3.8) is 0 Å². The topological polar surface area (TPSA) is 85.5 Å². The molecule has 1 N–H and O–H groups in total. The molecule has 7 heteroatoms. The number of furan rings is 1. The first-order chi connectivity index (χ1) is 7.20. The first kappa shape index (κ1) is 9.78. The van der Waals surface area contributed by atoms with Gasteiger partial charge in [-0.3, -0.25) is 0 Å². The van der Waals surface area contributed by atoms with E-state index in [0.717, 1.165) is 0 Å². The van der Waals surface area contributed by atoms with Crippen molar-refractivity contribution in [2.24, 2.45) is 0 Å². The van der Waals surface area contributed by atoms with Crippen molar-refractivity contribution in [1.29, 1.82) is 0 Å². The molecule has 0 fully saturated rings. The molecule has 0 spiro atoms. The highest BCUT2D eigenvalue weighted by molar-refractivity contribution is 7.98. The smallest absolute Gasteiger partial charge is 0.449 e. The SMILES string of the molecule is CSc1nc2occc2nc1OC(=O)O. The predicted octanol–water partition coefficient (Wildman–Crippen LogP) is 2.00. The molecule has 2 aromatic heterocycles. The molecule has 0 aromatic carbocycles. The highest BCUT2D eigenvalue weighted by Gasteiger charge is 2.13. The van der Waals surface area contributed by atoms with Gasteiger partial charge in [-0.05, 0) is 6.26 Å². The summed E-state index contributed by atoms with van der Waals surface area (Å²) < 4.78 is 9.52. The Morgan fingerprint density at radius 2 is 2.40 bits per heavy atom. The number of hydrogen-bond acceptors (Lipinski definition) is 6. The lowest BCUT2D eigenvalue weighted by atomic mass is 10.5. The van der Waals surface area contributed by atoms with Crippen LogP contribution in [0.3, 0.4) is 0 Å². The Morgan fingerprint density at radius 3 is 3.07 bits per heavy atom. The van der Waals surface area contributed by atoms with Crippen LogP contribution >= 0.6 is 11.8 Å². The lowest BCUT2D eigenvalue weighted by Crippen LogP contribution is -2.06. The number of rotatable bonds is 2. The first-order valence-electron chi connectivity index (χ1n) is 3.90. The van der Waals surface area contributed by atoms with Gasteiger partial charge in [0.1, 0.15) is 5.52 Å². The van der Waals surface area contributed by atoms with Crippen LogP contribution in [-0.2, 0) is 0 Å². The van der Waals surface area contributed by atoms with Crippen molar-refractivity contribution >= 4 is 29.1 Å². The number of fused-ring (bicyclic) bond motifs is 1. The molecule has 2 aromatic rings. The van der Waals surface area contributed by atoms with Gasteiger partial charge >= 0.3 is 6.16 Å². The van der Waals surface area contributed by atoms with Crippen LogP contribution in [0.1, 0.15) is 0 Å². The van der Waals surface area contributed by atoms with Gasteiger partial charge in [0, 0.05) is 6.07 Å². The van der Waals surface area contributed by atoms with E-state index in [4.69, 9.17) is 9.52 Å². The Hall–Kier alpha value is -1.76. The fourth-order valence-electron chi connectivity index (χ4n) is 1.04. The van der Waals surface area contributed by atoms with Gasteiger partial charge in [0.25, 0.3) is 5.88 Å². The molecule has 2 rings (SSSR count). The number of carboxylic acid groups (broad SMARTS) is 1. The van der Waals surface area contributed by atoms with E-state index in [1.807, 2.05) is 0 Å². The van der Waals surface area contributed by atoms with Crippen LogP contribution in [0.2, 0.25) is 0 Å². The minimum atomic E-state index is -1.41. The molecule has 0 saturated heterocycles. The fraction of sp³-hybridized carbons (Fsp3) is 0.125. The highest BCUT2D eigenvalue weighted by Crippen LogP contribution is 2.26. The Morgan fingerprint density at radius 1 is 1.60 bits per heavy atom. The largest absolute Gasteiger partial charge is 0.512 e. The van der Waals surface area contributed by atoms with Gasteiger partial charge in [0.15, 0.2) is 5.03 Å². The lowest BCUT2D eigenvalue weighted by molar-refractivity contribution is 0.141. The predicted molar refractivity (Wildman–Crippen MR) is 52.2 cm³/mol. The van der Waals surface area contributed by atoms with Gasteiger partial charge < -0.3 is 14.3 Å². The van der Waals surface area contributed by atoms with Crippen LogP contribution in [0.5, 0.6) is 5.88 Å². The summed E-state index contributed by atoms with van der Waals surface area (Å²) in [6.07, 6.45) is 1.76. The summed E-state index contributed by atoms with van der Waals surface area (Å²) >= 11 is 1.23. The zero-order chi connectivity index (χ0) is 10.8. The van der Waals surface area contributed by atoms with E-state index in [0.29, 0.717) is 16.3 Å². The molecule has 0 saturated carbocycles. The van der Waals surface area contributed by atoms with E-state index < -0.39 is 6.16 Å². The Kier molecular flexibility index (Phi) is 2.46. The van der Waals surface area contributed by atoms with E-state index in [2.05, 4.69) is 14.7 Å². The molecule has 0 radical (unpaired) electrons. The van der Waals surface area contributed by atoms with Crippen molar-refractivity contribution in [3.05, 3.63) is 12.3 Å². The molecule has 0 unspecified atom stereocenters. The normalized spacial score (nSPS) is 10.5. The van der Waals surface area contributed by atoms with Gasteiger partial charge in [-0.15, -0.1) is 11.8 Å². The van der Waals surface area contributed by atoms with Gasteiger partial charge in [0.05, 0.1) is 6.26 Å². The third-order valence-corrected chi connectivity index (χ3v) is 2.26. The Labute approximate surface area is 88.3 Å². The summed E-state index contributed by atoms with van der Waals surface area (Å²) in [5.74, 6) is -0.0242. The molecule has 2 heterocycles. The second-order valence-electron chi connectivity index (χ2n) is 2.52. The van der Waals surface area contributed by atoms with E-state index in [9.17, 15) is 4.79 Å². The molecule has 0 atom stereocenters. The summed E-state index contributed by atoms with van der Waals surface area (Å²) in [7, 11) is 0. The molecule has 6 nitrogen and oxygen atoms in total. The number of aromatic nitrogens is 2. The minimum absolute atomic E-state index is 0.0242. The quantitative estimate of drug-likeness (QED) is 0.619. The molecule has 0 aliphatic carbocycles. The summed E-state index contributed by atoms with van der Waals surface area (Å²) in [5, 5.41) is 8.86. The highest BCUT2D eigenvalue weighted by atomic mass is 32.2. The zero-order valence-corrected chi connectivity index (χ0v) is 8.45. The number of thioether (sulfide) groups is 1. The second-order valence-corrected chi connectivity index (χ2v) is 3.31. The monoisotopic (exact) mass is 226 g/mol. The summed E-state index contributed by atoms with van der Waals surface area (Å²) in [4.78, 5) is 18.4. The van der Waals surface area contributed by atoms with Crippen molar-refractivity contribution in [3.8, 4) is 5.88 Å². The summed E-state index contributed by atoms with van der Waals surface area (Å²) in [5.41, 5.74) is 0.820. The molecule has 0 bridgehead atoms. The van der Waals surface area contributed by atoms with Crippen molar-refractivity contribution in [1.82, 2.24) is 9.97 Å². The van der Waals surface area contributed by atoms with Gasteiger partial charge in [-0.25, -0.2) is 9.78 Å². The number of carbonyl (C=O) groups is 1. The van der Waals surface area contributed by atoms with Gasteiger partial charge in [-0.2, -0.15) is 4.98 Å².